The minimum absolute atomic E-state index is 0.0830. The van der Waals surface area contributed by atoms with Crippen LogP contribution in [0.25, 0.3) is 11.3 Å². The van der Waals surface area contributed by atoms with Gasteiger partial charge in [-0.1, -0.05) is 23.7 Å². The second kappa shape index (κ2) is 7.09. The summed E-state index contributed by atoms with van der Waals surface area (Å²) < 4.78 is 17.0. The van der Waals surface area contributed by atoms with Gasteiger partial charge in [0.25, 0.3) is 5.35 Å². The SMILES string of the molecule is CS(=O)c1ccc(-c2nc(Cl)oc2Sc2ccc(Cl)cc2)cc1. The van der Waals surface area contributed by atoms with Crippen molar-refractivity contribution < 1.29 is 8.63 Å². The maximum Gasteiger partial charge on any atom is 0.293 e. The van der Waals surface area contributed by atoms with E-state index in [1.54, 1.807) is 6.26 Å². The highest BCUT2D eigenvalue weighted by molar-refractivity contribution is 7.99. The molecule has 0 bridgehead atoms. The van der Waals surface area contributed by atoms with Crippen LogP contribution in [-0.2, 0) is 10.8 Å². The first-order chi connectivity index (χ1) is 11.0. The van der Waals surface area contributed by atoms with Crippen molar-refractivity contribution in [1.29, 1.82) is 0 Å². The van der Waals surface area contributed by atoms with Crippen LogP contribution in [0, 0.1) is 0 Å². The molecular formula is C16H11Cl2NO2S2. The van der Waals surface area contributed by atoms with Gasteiger partial charge >= 0.3 is 0 Å². The monoisotopic (exact) mass is 383 g/mol. The van der Waals surface area contributed by atoms with Crippen LogP contribution >= 0.6 is 35.0 Å². The molecule has 0 aliphatic carbocycles. The summed E-state index contributed by atoms with van der Waals surface area (Å²) in [6.45, 7) is 0. The fourth-order valence-electron chi connectivity index (χ4n) is 1.95. The summed E-state index contributed by atoms with van der Waals surface area (Å²) >= 11 is 13.2. The molecule has 0 aliphatic rings. The van der Waals surface area contributed by atoms with Gasteiger partial charge in [0.05, 0.1) is 0 Å². The average Bonchev–Trinajstić information content (AvgIpc) is 2.90. The first-order valence-corrected chi connectivity index (χ1v) is 9.69. The van der Waals surface area contributed by atoms with E-state index < -0.39 is 10.8 Å². The molecule has 3 rings (SSSR count). The van der Waals surface area contributed by atoms with Crippen molar-refractivity contribution >= 4 is 45.8 Å². The second-order valence-corrected chi connectivity index (χ2v) is 7.82. The van der Waals surface area contributed by atoms with E-state index in [1.165, 1.54) is 11.8 Å². The number of aromatic nitrogens is 1. The smallest absolute Gasteiger partial charge is 0.293 e. The van der Waals surface area contributed by atoms with Crippen LogP contribution in [0.1, 0.15) is 0 Å². The van der Waals surface area contributed by atoms with E-state index in [-0.39, 0.29) is 5.35 Å². The molecular weight excluding hydrogens is 373 g/mol. The standard InChI is InChI=1S/C16H11Cl2NO2S2/c1-23(20)13-8-2-10(3-9-13)14-15(21-16(18)19-14)22-12-6-4-11(17)5-7-12/h2-9H,1H3. The van der Waals surface area contributed by atoms with Gasteiger partial charge in [0.15, 0.2) is 5.09 Å². The van der Waals surface area contributed by atoms with Crippen LogP contribution in [0.2, 0.25) is 10.4 Å². The van der Waals surface area contributed by atoms with Crippen LogP contribution in [0.5, 0.6) is 0 Å². The van der Waals surface area contributed by atoms with E-state index in [0.29, 0.717) is 15.8 Å². The molecule has 2 aromatic carbocycles. The lowest BCUT2D eigenvalue weighted by Gasteiger charge is -2.03. The molecule has 1 unspecified atom stereocenters. The van der Waals surface area contributed by atoms with Crippen molar-refractivity contribution in [3.8, 4) is 11.3 Å². The number of benzene rings is 2. The Labute approximate surface area is 150 Å². The molecule has 3 aromatic rings. The van der Waals surface area contributed by atoms with Crippen molar-refractivity contribution in [1.82, 2.24) is 4.98 Å². The topological polar surface area (TPSA) is 43.1 Å². The Balaban J connectivity index is 1.93. The number of oxazole rings is 1. The fourth-order valence-corrected chi connectivity index (χ4v) is 3.67. The first-order valence-electron chi connectivity index (χ1n) is 6.56. The summed E-state index contributed by atoms with van der Waals surface area (Å²) in [7, 11) is -1.02. The van der Waals surface area contributed by atoms with Crippen molar-refractivity contribution in [2.24, 2.45) is 0 Å². The molecule has 1 atom stereocenters. The summed E-state index contributed by atoms with van der Waals surface area (Å²) in [5.41, 5.74) is 1.51. The zero-order valence-electron chi connectivity index (χ0n) is 12.0. The second-order valence-electron chi connectivity index (χ2n) is 4.64. The summed E-state index contributed by atoms with van der Waals surface area (Å²) in [6.07, 6.45) is 1.64. The Bertz CT molecular complexity index is 846. The molecule has 0 spiro atoms. The number of rotatable bonds is 4. The van der Waals surface area contributed by atoms with Gasteiger partial charge in [-0.15, -0.1) is 0 Å². The van der Waals surface area contributed by atoms with E-state index >= 15 is 0 Å². The minimum Gasteiger partial charge on any atom is -0.420 e. The Kier molecular flexibility index (Phi) is 5.11. The molecule has 23 heavy (non-hydrogen) atoms. The van der Waals surface area contributed by atoms with E-state index in [4.69, 9.17) is 27.6 Å². The summed E-state index contributed by atoms with van der Waals surface area (Å²) in [5, 5.41) is 1.36. The zero-order chi connectivity index (χ0) is 16.4. The molecule has 1 heterocycles. The van der Waals surface area contributed by atoms with Crippen LogP contribution < -0.4 is 0 Å². The van der Waals surface area contributed by atoms with Crippen molar-refractivity contribution in [3.63, 3.8) is 0 Å². The molecule has 3 nitrogen and oxygen atoms in total. The normalized spacial score (nSPS) is 12.3. The molecule has 0 saturated carbocycles. The maximum absolute atomic E-state index is 11.5. The highest BCUT2D eigenvalue weighted by atomic mass is 35.5. The lowest BCUT2D eigenvalue weighted by molar-refractivity contribution is 0.473. The van der Waals surface area contributed by atoms with E-state index in [9.17, 15) is 4.21 Å². The quantitative estimate of drug-likeness (QED) is 0.593. The molecule has 0 radical (unpaired) electrons. The van der Waals surface area contributed by atoms with Gasteiger partial charge in [-0.2, -0.15) is 4.98 Å². The molecule has 0 amide bonds. The van der Waals surface area contributed by atoms with Gasteiger partial charge < -0.3 is 4.42 Å². The van der Waals surface area contributed by atoms with Gasteiger partial charge in [-0.25, -0.2) is 0 Å². The number of hydrogen-bond donors (Lipinski definition) is 0. The zero-order valence-corrected chi connectivity index (χ0v) is 15.1. The number of nitrogens with zero attached hydrogens (tertiary/aromatic N) is 1. The van der Waals surface area contributed by atoms with Crippen LogP contribution in [0.4, 0.5) is 0 Å². The lowest BCUT2D eigenvalue weighted by atomic mass is 10.2. The molecule has 118 valence electrons. The average molecular weight is 384 g/mol. The van der Waals surface area contributed by atoms with Gasteiger partial charge in [0, 0.05) is 37.4 Å². The number of hydrogen-bond acceptors (Lipinski definition) is 4. The molecule has 0 saturated heterocycles. The predicted octanol–water partition coefficient (Wildman–Crippen LogP) is 5.54. The molecule has 0 N–H and O–H groups in total. The summed E-state index contributed by atoms with van der Waals surface area (Å²) in [5.74, 6) is 0. The van der Waals surface area contributed by atoms with Crippen LogP contribution in [0.3, 0.4) is 0 Å². The summed E-state index contributed by atoms with van der Waals surface area (Å²) in [4.78, 5) is 5.97. The highest BCUT2D eigenvalue weighted by Gasteiger charge is 2.16. The predicted molar refractivity (Wildman–Crippen MR) is 94.9 cm³/mol. The van der Waals surface area contributed by atoms with Crippen molar-refractivity contribution in [3.05, 3.63) is 58.9 Å². The largest absolute Gasteiger partial charge is 0.420 e. The Hall–Kier alpha value is -1.27. The minimum atomic E-state index is -1.02. The number of halogens is 2. The third-order valence-electron chi connectivity index (χ3n) is 3.05. The Morgan fingerprint density at radius 2 is 1.70 bits per heavy atom. The third-order valence-corrected chi connectivity index (χ3v) is 5.37. The lowest BCUT2D eigenvalue weighted by Crippen LogP contribution is -1.87. The third kappa shape index (κ3) is 3.98. The van der Waals surface area contributed by atoms with Gasteiger partial charge in [0.2, 0.25) is 0 Å². The van der Waals surface area contributed by atoms with Crippen molar-refractivity contribution in [2.45, 2.75) is 14.9 Å². The van der Waals surface area contributed by atoms with E-state index in [2.05, 4.69) is 4.98 Å². The van der Waals surface area contributed by atoms with Crippen LogP contribution in [-0.4, -0.2) is 15.4 Å². The molecule has 7 heteroatoms. The van der Waals surface area contributed by atoms with Crippen LogP contribution in [0.15, 0.2) is 67.8 Å². The maximum atomic E-state index is 11.5. The Morgan fingerprint density at radius 1 is 1.04 bits per heavy atom. The van der Waals surface area contributed by atoms with Gasteiger partial charge in [0.1, 0.15) is 5.69 Å². The molecule has 1 aromatic heterocycles. The Morgan fingerprint density at radius 3 is 2.30 bits per heavy atom. The van der Waals surface area contributed by atoms with E-state index in [1.807, 2.05) is 48.5 Å². The van der Waals surface area contributed by atoms with Gasteiger partial charge in [-0.05, 0) is 59.8 Å². The molecule has 0 fully saturated rings. The highest BCUT2D eigenvalue weighted by Crippen LogP contribution is 2.38. The first kappa shape index (κ1) is 16.6. The van der Waals surface area contributed by atoms with Crippen molar-refractivity contribution in [2.75, 3.05) is 6.26 Å². The van der Waals surface area contributed by atoms with Gasteiger partial charge in [-0.3, -0.25) is 4.21 Å². The van der Waals surface area contributed by atoms with E-state index in [0.717, 1.165) is 15.4 Å². The fraction of sp³-hybridized carbons (Fsp3) is 0.0625. The molecule has 0 aliphatic heterocycles. The summed E-state index contributed by atoms with van der Waals surface area (Å²) in [6, 6.07) is 14.8.